The maximum atomic E-state index is 12.1. The lowest BCUT2D eigenvalue weighted by atomic mass is 10.1. The first-order valence-corrected chi connectivity index (χ1v) is 5.65. The highest BCUT2D eigenvalue weighted by molar-refractivity contribution is 5.94. The number of nitrogens with zero attached hydrogens (tertiary/aromatic N) is 2. The highest BCUT2D eigenvalue weighted by atomic mass is 16.3. The van der Waals surface area contributed by atoms with Crippen molar-refractivity contribution >= 4 is 5.91 Å². The fourth-order valence-electron chi connectivity index (χ4n) is 2.04. The second-order valence-electron chi connectivity index (χ2n) is 4.28. The van der Waals surface area contributed by atoms with Crippen LogP contribution in [0.3, 0.4) is 0 Å². The molecule has 0 radical (unpaired) electrons. The lowest BCUT2D eigenvalue weighted by Crippen LogP contribution is -2.29. The van der Waals surface area contributed by atoms with Crippen LogP contribution >= 0.6 is 0 Å². The van der Waals surface area contributed by atoms with Crippen molar-refractivity contribution in [2.75, 3.05) is 19.7 Å². The van der Waals surface area contributed by atoms with E-state index in [4.69, 9.17) is 10.4 Å². The summed E-state index contributed by atoms with van der Waals surface area (Å²) < 4.78 is 0. The minimum Gasteiger partial charge on any atom is -0.396 e. The number of likely N-dealkylation sites (tertiary alicyclic amines) is 1. The van der Waals surface area contributed by atoms with Gasteiger partial charge in [0, 0.05) is 31.2 Å². The molecule has 1 unspecified atom stereocenters. The summed E-state index contributed by atoms with van der Waals surface area (Å²) in [4.78, 5) is 13.8. The van der Waals surface area contributed by atoms with Crippen molar-refractivity contribution in [1.29, 1.82) is 5.26 Å². The van der Waals surface area contributed by atoms with Gasteiger partial charge in [0.25, 0.3) is 5.91 Å². The third-order valence-electron chi connectivity index (χ3n) is 3.09. The van der Waals surface area contributed by atoms with Gasteiger partial charge in [0.15, 0.2) is 0 Å². The molecule has 1 N–H and O–H groups in total. The van der Waals surface area contributed by atoms with Gasteiger partial charge in [-0.25, -0.2) is 0 Å². The van der Waals surface area contributed by atoms with E-state index in [0.29, 0.717) is 24.2 Å². The van der Waals surface area contributed by atoms with E-state index in [0.717, 1.165) is 6.42 Å². The Morgan fingerprint density at radius 3 is 2.71 bits per heavy atom. The first kappa shape index (κ1) is 11.6. The van der Waals surface area contributed by atoms with Crippen molar-refractivity contribution in [2.24, 2.45) is 5.92 Å². The van der Waals surface area contributed by atoms with Crippen molar-refractivity contribution in [3.05, 3.63) is 35.4 Å². The minimum atomic E-state index is -0.0227. The first-order chi connectivity index (χ1) is 8.24. The number of nitriles is 1. The number of rotatable bonds is 2. The molecule has 1 aromatic rings. The van der Waals surface area contributed by atoms with Crippen molar-refractivity contribution in [1.82, 2.24) is 4.90 Å². The van der Waals surface area contributed by atoms with Gasteiger partial charge < -0.3 is 10.0 Å². The molecule has 0 spiro atoms. The molecule has 2 rings (SSSR count). The van der Waals surface area contributed by atoms with E-state index in [1.807, 2.05) is 6.07 Å². The summed E-state index contributed by atoms with van der Waals surface area (Å²) in [6.45, 7) is 1.45. The molecule has 0 aromatic heterocycles. The molecular formula is C13H14N2O2. The molecule has 1 aromatic carbocycles. The number of hydrogen-bond donors (Lipinski definition) is 1. The Morgan fingerprint density at radius 2 is 2.18 bits per heavy atom. The summed E-state index contributed by atoms with van der Waals surface area (Å²) in [5, 5.41) is 17.7. The van der Waals surface area contributed by atoms with Crippen LogP contribution in [-0.4, -0.2) is 35.6 Å². The van der Waals surface area contributed by atoms with Crippen LogP contribution < -0.4 is 0 Å². The topological polar surface area (TPSA) is 64.3 Å². The lowest BCUT2D eigenvalue weighted by molar-refractivity contribution is 0.0782. The van der Waals surface area contributed by atoms with Gasteiger partial charge in [-0.05, 0) is 30.7 Å². The maximum absolute atomic E-state index is 12.1. The number of aliphatic hydroxyl groups excluding tert-OH is 1. The van der Waals surface area contributed by atoms with Crippen LogP contribution in [0.25, 0.3) is 0 Å². The summed E-state index contributed by atoms with van der Waals surface area (Å²) in [5.41, 5.74) is 1.15. The Morgan fingerprint density at radius 1 is 1.47 bits per heavy atom. The molecule has 1 fully saturated rings. The largest absolute Gasteiger partial charge is 0.396 e. The predicted molar refractivity (Wildman–Crippen MR) is 62.3 cm³/mol. The van der Waals surface area contributed by atoms with E-state index in [1.165, 1.54) is 0 Å². The molecule has 1 aliphatic heterocycles. The fraction of sp³-hybridized carbons (Fsp3) is 0.385. The van der Waals surface area contributed by atoms with Crippen LogP contribution in [0.5, 0.6) is 0 Å². The van der Waals surface area contributed by atoms with Crippen molar-refractivity contribution in [3.63, 3.8) is 0 Å². The fourth-order valence-corrected chi connectivity index (χ4v) is 2.04. The monoisotopic (exact) mass is 230 g/mol. The molecule has 17 heavy (non-hydrogen) atoms. The van der Waals surface area contributed by atoms with E-state index < -0.39 is 0 Å². The van der Waals surface area contributed by atoms with Crippen molar-refractivity contribution in [2.45, 2.75) is 6.42 Å². The summed E-state index contributed by atoms with van der Waals surface area (Å²) >= 11 is 0. The van der Waals surface area contributed by atoms with E-state index in [2.05, 4.69) is 0 Å². The van der Waals surface area contributed by atoms with Gasteiger partial charge in [-0.1, -0.05) is 0 Å². The highest BCUT2D eigenvalue weighted by Crippen LogP contribution is 2.18. The SMILES string of the molecule is N#Cc1ccc(C(=O)N2CCC(CO)C2)cc1. The molecule has 0 bridgehead atoms. The summed E-state index contributed by atoms with van der Waals surface area (Å²) in [6.07, 6.45) is 0.860. The van der Waals surface area contributed by atoms with Gasteiger partial charge >= 0.3 is 0 Å². The Kier molecular flexibility index (Phi) is 3.40. The van der Waals surface area contributed by atoms with Crippen molar-refractivity contribution < 1.29 is 9.90 Å². The normalized spacial score (nSPS) is 19.1. The molecule has 4 heteroatoms. The lowest BCUT2D eigenvalue weighted by Gasteiger charge is -2.16. The first-order valence-electron chi connectivity index (χ1n) is 5.65. The quantitative estimate of drug-likeness (QED) is 0.824. The molecule has 1 atom stereocenters. The molecule has 4 nitrogen and oxygen atoms in total. The number of aliphatic hydroxyl groups is 1. The molecule has 0 saturated carbocycles. The Hall–Kier alpha value is -1.86. The number of benzene rings is 1. The second kappa shape index (κ2) is 4.98. The zero-order valence-corrected chi connectivity index (χ0v) is 9.47. The van der Waals surface area contributed by atoms with Crippen LogP contribution in [0.15, 0.2) is 24.3 Å². The average molecular weight is 230 g/mol. The smallest absolute Gasteiger partial charge is 0.253 e. The number of hydrogen-bond acceptors (Lipinski definition) is 3. The zero-order chi connectivity index (χ0) is 12.3. The third-order valence-corrected chi connectivity index (χ3v) is 3.09. The van der Waals surface area contributed by atoms with Gasteiger partial charge in [-0.2, -0.15) is 5.26 Å². The predicted octanol–water partition coefficient (Wildman–Crippen LogP) is 1.01. The molecule has 1 aliphatic rings. The van der Waals surface area contributed by atoms with E-state index in [1.54, 1.807) is 29.2 Å². The average Bonchev–Trinajstić information content (AvgIpc) is 2.87. The van der Waals surface area contributed by atoms with Crippen LogP contribution in [0, 0.1) is 17.2 Å². The standard InChI is InChI=1S/C13H14N2O2/c14-7-10-1-3-12(4-2-10)13(17)15-6-5-11(8-15)9-16/h1-4,11,16H,5-6,8-9H2. The van der Waals surface area contributed by atoms with Gasteiger partial charge in [-0.15, -0.1) is 0 Å². The molecule has 1 saturated heterocycles. The van der Waals surface area contributed by atoms with E-state index in [-0.39, 0.29) is 18.4 Å². The Balaban J connectivity index is 2.07. The maximum Gasteiger partial charge on any atom is 0.253 e. The van der Waals surface area contributed by atoms with Crippen molar-refractivity contribution in [3.8, 4) is 6.07 Å². The summed E-state index contributed by atoms with van der Waals surface area (Å²) in [5.74, 6) is 0.183. The minimum absolute atomic E-state index is 0.0227. The van der Waals surface area contributed by atoms with Crippen LogP contribution in [0.1, 0.15) is 22.3 Å². The third kappa shape index (κ3) is 2.45. The van der Waals surface area contributed by atoms with E-state index >= 15 is 0 Å². The van der Waals surface area contributed by atoms with Gasteiger partial charge in [0.1, 0.15) is 0 Å². The number of carbonyl (C=O) groups is 1. The second-order valence-corrected chi connectivity index (χ2v) is 4.28. The molecule has 1 heterocycles. The van der Waals surface area contributed by atoms with Gasteiger partial charge in [0.2, 0.25) is 0 Å². The molecule has 88 valence electrons. The zero-order valence-electron chi connectivity index (χ0n) is 9.47. The van der Waals surface area contributed by atoms with E-state index in [9.17, 15) is 4.79 Å². The van der Waals surface area contributed by atoms with Gasteiger partial charge in [0.05, 0.1) is 11.6 Å². The Labute approximate surface area is 100 Å². The summed E-state index contributed by atoms with van der Waals surface area (Å²) in [7, 11) is 0. The van der Waals surface area contributed by atoms with Crippen LogP contribution in [-0.2, 0) is 0 Å². The molecular weight excluding hydrogens is 216 g/mol. The van der Waals surface area contributed by atoms with Crippen LogP contribution in [0.4, 0.5) is 0 Å². The molecule has 0 aliphatic carbocycles. The number of carbonyl (C=O) groups excluding carboxylic acids is 1. The van der Waals surface area contributed by atoms with Gasteiger partial charge in [-0.3, -0.25) is 4.79 Å². The molecule has 1 amide bonds. The number of amides is 1. The Bertz CT molecular complexity index is 447. The van der Waals surface area contributed by atoms with Crippen LogP contribution in [0.2, 0.25) is 0 Å². The highest BCUT2D eigenvalue weighted by Gasteiger charge is 2.26. The summed E-state index contributed by atoms with van der Waals surface area (Å²) in [6, 6.07) is 8.66.